The van der Waals surface area contributed by atoms with Crippen molar-refractivity contribution in [2.24, 2.45) is 5.92 Å². The van der Waals surface area contributed by atoms with E-state index in [4.69, 9.17) is 14.7 Å². The van der Waals surface area contributed by atoms with Crippen LogP contribution in [0, 0.1) is 17.2 Å². The van der Waals surface area contributed by atoms with Crippen LogP contribution in [0.25, 0.3) is 0 Å². The van der Waals surface area contributed by atoms with E-state index >= 15 is 0 Å². The molecule has 0 aromatic rings. The van der Waals surface area contributed by atoms with E-state index in [9.17, 15) is 4.79 Å². The molecule has 5 nitrogen and oxygen atoms in total. The van der Waals surface area contributed by atoms with E-state index in [2.05, 4.69) is 6.07 Å². The summed E-state index contributed by atoms with van der Waals surface area (Å²) in [6.07, 6.45) is 3.98. The summed E-state index contributed by atoms with van der Waals surface area (Å²) in [6.45, 7) is 7.73. The smallest absolute Gasteiger partial charge is 0.410 e. The quantitative estimate of drug-likeness (QED) is 0.745. The second-order valence-corrected chi connectivity index (χ2v) is 7.22. The summed E-state index contributed by atoms with van der Waals surface area (Å²) < 4.78 is 11.4. The average molecular weight is 294 g/mol. The Morgan fingerprint density at radius 2 is 2.10 bits per heavy atom. The predicted octanol–water partition coefficient (Wildman–Crippen LogP) is 3.10. The first kappa shape index (κ1) is 16.1. The molecule has 0 N–H and O–H groups in total. The normalized spacial score (nSPS) is 25.4. The van der Waals surface area contributed by atoms with Crippen molar-refractivity contribution < 1.29 is 14.3 Å². The zero-order valence-electron chi connectivity index (χ0n) is 13.4. The van der Waals surface area contributed by atoms with Gasteiger partial charge in [-0.1, -0.05) is 0 Å². The summed E-state index contributed by atoms with van der Waals surface area (Å²) in [5, 5.41) is 8.87. The number of hydrogen-bond acceptors (Lipinski definition) is 4. The van der Waals surface area contributed by atoms with E-state index in [1.807, 2.05) is 20.8 Å². The number of hydrogen-bond donors (Lipinski definition) is 0. The Kier molecular flexibility index (Phi) is 4.77. The van der Waals surface area contributed by atoms with Gasteiger partial charge in [-0.3, -0.25) is 0 Å². The van der Waals surface area contributed by atoms with E-state index in [1.165, 1.54) is 0 Å². The third-order valence-corrected chi connectivity index (χ3v) is 4.30. The van der Waals surface area contributed by atoms with Crippen LogP contribution in [-0.2, 0) is 9.47 Å². The topological polar surface area (TPSA) is 62.6 Å². The first-order valence-corrected chi connectivity index (χ1v) is 7.82. The molecule has 2 heterocycles. The maximum Gasteiger partial charge on any atom is 0.410 e. The summed E-state index contributed by atoms with van der Waals surface area (Å²) in [5.41, 5.74) is -0.580. The van der Waals surface area contributed by atoms with Crippen molar-refractivity contribution in [3.05, 3.63) is 0 Å². The van der Waals surface area contributed by atoms with Gasteiger partial charge in [-0.25, -0.2) is 4.79 Å². The van der Waals surface area contributed by atoms with Gasteiger partial charge in [0.15, 0.2) is 0 Å². The fraction of sp³-hybridized carbons (Fsp3) is 0.875. The molecule has 0 aromatic heterocycles. The zero-order chi connectivity index (χ0) is 15.5. The molecule has 2 fully saturated rings. The van der Waals surface area contributed by atoms with Crippen molar-refractivity contribution in [3.8, 4) is 6.07 Å². The standard InChI is InChI=1S/C16H26N2O3/c1-15(2,3)21-14(19)18-9-6-16(7-10-18)12-13(4-8-17)5-11-20-16/h13H,4-7,9-12H2,1-3H3. The van der Waals surface area contributed by atoms with Crippen LogP contribution in [0.2, 0.25) is 0 Å². The van der Waals surface area contributed by atoms with Crippen molar-refractivity contribution in [1.29, 1.82) is 5.26 Å². The number of carbonyl (C=O) groups excluding carboxylic acids is 1. The Balaban J connectivity index is 1.88. The number of ether oxygens (including phenoxy) is 2. The molecular weight excluding hydrogens is 268 g/mol. The second kappa shape index (κ2) is 6.23. The molecule has 1 amide bonds. The highest BCUT2D eigenvalue weighted by molar-refractivity contribution is 5.68. The molecule has 5 heteroatoms. The first-order chi connectivity index (χ1) is 9.84. The first-order valence-electron chi connectivity index (χ1n) is 7.82. The van der Waals surface area contributed by atoms with Crippen molar-refractivity contribution in [2.75, 3.05) is 19.7 Å². The fourth-order valence-electron chi connectivity index (χ4n) is 3.20. The average Bonchev–Trinajstić information content (AvgIpc) is 2.38. The molecule has 21 heavy (non-hydrogen) atoms. The summed E-state index contributed by atoms with van der Waals surface area (Å²) in [5.74, 6) is 0.442. The summed E-state index contributed by atoms with van der Waals surface area (Å²) >= 11 is 0. The Hall–Kier alpha value is -1.28. The molecule has 2 aliphatic heterocycles. The summed E-state index contributed by atoms with van der Waals surface area (Å²) in [7, 11) is 0. The molecule has 0 radical (unpaired) electrons. The number of nitrogens with zero attached hydrogens (tertiary/aromatic N) is 2. The third-order valence-electron chi connectivity index (χ3n) is 4.30. The minimum Gasteiger partial charge on any atom is -0.444 e. The van der Waals surface area contributed by atoms with Crippen molar-refractivity contribution in [2.45, 2.75) is 64.1 Å². The Labute approximate surface area is 127 Å². The van der Waals surface area contributed by atoms with Crippen LogP contribution in [0.5, 0.6) is 0 Å². The molecular formula is C16H26N2O3. The zero-order valence-corrected chi connectivity index (χ0v) is 13.4. The van der Waals surface area contributed by atoms with Gasteiger partial charge in [-0.15, -0.1) is 0 Å². The SMILES string of the molecule is CC(C)(C)OC(=O)N1CCC2(CC1)CC(CC#N)CCO2. The fourth-order valence-corrected chi connectivity index (χ4v) is 3.20. The molecule has 2 aliphatic rings. The predicted molar refractivity (Wildman–Crippen MR) is 78.7 cm³/mol. The Morgan fingerprint density at radius 1 is 1.43 bits per heavy atom. The number of rotatable bonds is 1. The van der Waals surface area contributed by atoms with E-state index in [1.54, 1.807) is 4.90 Å². The van der Waals surface area contributed by atoms with Crippen molar-refractivity contribution in [3.63, 3.8) is 0 Å². The highest BCUT2D eigenvalue weighted by Crippen LogP contribution is 2.38. The molecule has 1 atom stereocenters. The van der Waals surface area contributed by atoms with Crippen LogP contribution >= 0.6 is 0 Å². The third kappa shape index (κ3) is 4.34. The van der Waals surface area contributed by atoms with Gasteiger partial charge in [0.1, 0.15) is 5.60 Å². The van der Waals surface area contributed by atoms with Gasteiger partial charge in [-0.2, -0.15) is 5.26 Å². The number of carbonyl (C=O) groups is 1. The second-order valence-electron chi connectivity index (χ2n) is 7.22. The van der Waals surface area contributed by atoms with Gasteiger partial charge in [0.05, 0.1) is 11.7 Å². The van der Waals surface area contributed by atoms with Gasteiger partial charge >= 0.3 is 6.09 Å². The monoisotopic (exact) mass is 294 g/mol. The minimum atomic E-state index is -0.453. The highest BCUT2D eigenvalue weighted by atomic mass is 16.6. The highest BCUT2D eigenvalue weighted by Gasteiger charge is 2.41. The van der Waals surface area contributed by atoms with Crippen molar-refractivity contribution >= 4 is 6.09 Å². The molecule has 2 rings (SSSR count). The van der Waals surface area contributed by atoms with Crippen LogP contribution in [0.1, 0.15) is 52.9 Å². The Bertz CT molecular complexity index is 414. The molecule has 2 saturated heterocycles. The van der Waals surface area contributed by atoms with Gasteiger partial charge in [0.2, 0.25) is 0 Å². The molecule has 1 spiro atoms. The van der Waals surface area contributed by atoms with Gasteiger partial charge < -0.3 is 14.4 Å². The lowest BCUT2D eigenvalue weighted by molar-refractivity contribution is -0.125. The molecule has 0 aromatic carbocycles. The van der Waals surface area contributed by atoms with E-state index < -0.39 is 5.60 Å². The van der Waals surface area contributed by atoms with Crippen LogP contribution in [-0.4, -0.2) is 41.9 Å². The maximum absolute atomic E-state index is 12.1. The molecule has 1 unspecified atom stereocenters. The van der Waals surface area contributed by atoms with Crippen LogP contribution in [0.4, 0.5) is 4.79 Å². The Morgan fingerprint density at radius 3 is 2.67 bits per heavy atom. The minimum absolute atomic E-state index is 0.127. The number of piperidine rings is 1. The van der Waals surface area contributed by atoms with Gasteiger partial charge in [0.25, 0.3) is 0 Å². The van der Waals surface area contributed by atoms with Gasteiger partial charge in [-0.05, 0) is 52.4 Å². The van der Waals surface area contributed by atoms with E-state index in [0.29, 0.717) is 25.4 Å². The largest absolute Gasteiger partial charge is 0.444 e. The number of amides is 1. The molecule has 118 valence electrons. The maximum atomic E-state index is 12.1. The van der Waals surface area contributed by atoms with Crippen LogP contribution in [0.15, 0.2) is 0 Å². The van der Waals surface area contributed by atoms with Crippen LogP contribution < -0.4 is 0 Å². The van der Waals surface area contributed by atoms with E-state index in [-0.39, 0.29) is 11.7 Å². The van der Waals surface area contributed by atoms with Crippen molar-refractivity contribution in [1.82, 2.24) is 4.90 Å². The molecule has 0 bridgehead atoms. The lowest BCUT2D eigenvalue weighted by Gasteiger charge is -2.45. The van der Waals surface area contributed by atoms with Crippen LogP contribution in [0.3, 0.4) is 0 Å². The molecule has 0 aliphatic carbocycles. The van der Waals surface area contributed by atoms with Gasteiger partial charge in [0, 0.05) is 26.1 Å². The summed E-state index contributed by atoms with van der Waals surface area (Å²) in [6, 6.07) is 2.27. The van der Waals surface area contributed by atoms with E-state index in [0.717, 1.165) is 32.3 Å². The summed E-state index contributed by atoms with van der Waals surface area (Å²) in [4.78, 5) is 13.8. The number of nitriles is 1. The number of likely N-dealkylation sites (tertiary alicyclic amines) is 1. The molecule has 0 saturated carbocycles. The lowest BCUT2D eigenvalue weighted by atomic mass is 9.78. The lowest BCUT2D eigenvalue weighted by Crippen LogP contribution is -2.51.